The predicted molar refractivity (Wildman–Crippen MR) is 119 cm³/mol. The molecule has 1 aliphatic rings. The van der Waals surface area contributed by atoms with E-state index >= 15 is 0 Å². The first-order valence-corrected chi connectivity index (χ1v) is 9.16. The summed E-state index contributed by atoms with van der Waals surface area (Å²) >= 11 is 0. The third kappa shape index (κ3) is 5.74. The Morgan fingerprint density at radius 3 is 2.50 bits per heavy atom. The highest BCUT2D eigenvalue weighted by Crippen LogP contribution is 2.17. The number of guanidine groups is 1. The maximum atomic E-state index is 13.8. The van der Waals surface area contributed by atoms with Gasteiger partial charge in [0.2, 0.25) is 5.95 Å². The maximum Gasteiger partial charge on any atom is 0.225 e. The minimum Gasteiger partial charge on any atom is -0.386 e. The van der Waals surface area contributed by atoms with Crippen LogP contribution in [0.15, 0.2) is 47.7 Å². The van der Waals surface area contributed by atoms with Crippen LogP contribution >= 0.6 is 24.0 Å². The minimum absolute atomic E-state index is 0. The molecule has 9 heteroatoms. The number of aromatic nitrogens is 2. The Morgan fingerprint density at radius 2 is 1.86 bits per heavy atom. The summed E-state index contributed by atoms with van der Waals surface area (Å²) in [6, 6.07) is 8.05. The van der Waals surface area contributed by atoms with Gasteiger partial charge >= 0.3 is 0 Å². The molecule has 1 fully saturated rings. The van der Waals surface area contributed by atoms with Crippen LogP contribution in [0.5, 0.6) is 0 Å². The number of halogens is 2. The standard InChI is InChI=1S/C19H25FN6O.HI/c1-2-21-18(24-14-17(27)15-6-3-4-7-16(15)20)25-10-12-26(13-11-25)19-22-8-5-9-23-19;/h3-9,17,27H,2,10-14H2,1H3,(H,21,24);1H. The van der Waals surface area contributed by atoms with E-state index in [0.717, 1.165) is 44.6 Å². The van der Waals surface area contributed by atoms with Crippen LogP contribution in [0.4, 0.5) is 10.3 Å². The van der Waals surface area contributed by atoms with Gasteiger partial charge in [-0.25, -0.2) is 14.4 Å². The number of aliphatic hydroxyl groups excluding tert-OH is 1. The van der Waals surface area contributed by atoms with Crippen molar-refractivity contribution in [1.82, 2.24) is 20.2 Å². The van der Waals surface area contributed by atoms with Crippen LogP contribution in [-0.4, -0.2) is 65.2 Å². The molecule has 0 bridgehead atoms. The third-order valence-corrected chi connectivity index (χ3v) is 4.43. The van der Waals surface area contributed by atoms with Gasteiger partial charge in [0.25, 0.3) is 0 Å². The molecule has 2 N–H and O–H groups in total. The van der Waals surface area contributed by atoms with Gasteiger partial charge in [0, 0.05) is 50.7 Å². The summed E-state index contributed by atoms with van der Waals surface area (Å²) in [7, 11) is 0. The summed E-state index contributed by atoms with van der Waals surface area (Å²) in [4.78, 5) is 17.4. The average Bonchev–Trinajstić information content (AvgIpc) is 2.72. The largest absolute Gasteiger partial charge is 0.386 e. The molecule has 3 rings (SSSR count). The van der Waals surface area contributed by atoms with E-state index in [1.165, 1.54) is 6.07 Å². The number of aliphatic hydroxyl groups is 1. The van der Waals surface area contributed by atoms with Crippen molar-refractivity contribution in [2.24, 2.45) is 4.99 Å². The summed E-state index contributed by atoms with van der Waals surface area (Å²) in [5.41, 5.74) is 0.267. The van der Waals surface area contributed by atoms with Crippen LogP contribution in [-0.2, 0) is 0 Å². The molecule has 7 nitrogen and oxygen atoms in total. The van der Waals surface area contributed by atoms with Crippen LogP contribution in [0.2, 0.25) is 0 Å². The highest BCUT2D eigenvalue weighted by Gasteiger charge is 2.21. The fourth-order valence-electron chi connectivity index (χ4n) is 3.02. The molecule has 152 valence electrons. The zero-order chi connectivity index (χ0) is 19.1. The highest BCUT2D eigenvalue weighted by atomic mass is 127. The Balaban J connectivity index is 0.00000280. The lowest BCUT2D eigenvalue weighted by atomic mass is 10.1. The van der Waals surface area contributed by atoms with E-state index in [4.69, 9.17) is 0 Å². The molecule has 1 atom stereocenters. The van der Waals surface area contributed by atoms with Crippen molar-refractivity contribution in [1.29, 1.82) is 0 Å². The van der Waals surface area contributed by atoms with Crippen LogP contribution in [0.3, 0.4) is 0 Å². The SMILES string of the molecule is CCNC(=NCC(O)c1ccccc1F)N1CCN(c2ncccn2)CC1.I. The van der Waals surface area contributed by atoms with E-state index in [-0.39, 0.29) is 36.1 Å². The first-order valence-electron chi connectivity index (χ1n) is 9.16. The second-order valence-corrected chi connectivity index (χ2v) is 6.25. The third-order valence-electron chi connectivity index (χ3n) is 4.43. The zero-order valence-corrected chi connectivity index (χ0v) is 18.2. The Morgan fingerprint density at radius 1 is 1.18 bits per heavy atom. The lowest BCUT2D eigenvalue weighted by Gasteiger charge is -2.36. The van der Waals surface area contributed by atoms with E-state index in [9.17, 15) is 9.50 Å². The summed E-state index contributed by atoms with van der Waals surface area (Å²) in [6.45, 7) is 5.91. The number of anilines is 1. The molecule has 1 aromatic heterocycles. The zero-order valence-electron chi connectivity index (χ0n) is 15.8. The van der Waals surface area contributed by atoms with Gasteiger partial charge in [-0.3, -0.25) is 4.99 Å². The van der Waals surface area contributed by atoms with Gasteiger partial charge in [0.1, 0.15) is 11.9 Å². The Kier molecular flexibility index (Phi) is 8.84. The van der Waals surface area contributed by atoms with Gasteiger partial charge in [-0.05, 0) is 19.1 Å². The van der Waals surface area contributed by atoms with Gasteiger partial charge in [0.05, 0.1) is 6.54 Å². The van der Waals surface area contributed by atoms with Crippen molar-refractivity contribution in [3.05, 3.63) is 54.1 Å². The molecule has 1 saturated heterocycles. The molecule has 2 heterocycles. The first kappa shape index (κ1) is 22.3. The molecule has 0 aliphatic carbocycles. The van der Waals surface area contributed by atoms with E-state index in [2.05, 4.69) is 30.1 Å². The first-order chi connectivity index (χ1) is 13.2. The number of piperazine rings is 1. The lowest BCUT2D eigenvalue weighted by molar-refractivity contribution is 0.181. The molecular weight excluding hydrogens is 474 g/mol. The topological polar surface area (TPSA) is 76.9 Å². The number of aliphatic imine (C=N–C) groups is 1. The van der Waals surface area contributed by atoms with Crippen LogP contribution in [0.25, 0.3) is 0 Å². The van der Waals surface area contributed by atoms with Crippen molar-refractivity contribution < 1.29 is 9.50 Å². The van der Waals surface area contributed by atoms with Crippen LogP contribution in [0, 0.1) is 5.82 Å². The van der Waals surface area contributed by atoms with Gasteiger partial charge in [0.15, 0.2) is 5.96 Å². The fourth-order valence-corrected chi connectivity index (χ4v) is 3.02. The lowest BCUT2D eigenvalue weighted by Crippen LogP contribution is -2.53. The van der Waals surface area contributed by atoms with Crippen molar-refractivity contribution in [2.45, 2.75) is 13.0 Å². The Bertz CT molecular complexity index is 755. The molecule has 0 saturated carbocycles. The average molecular weight is 500 g/mol. The molecular formula is C19H26FIN6O. The van der Waals surface area contributed by atoms with Crippen molar-refractivity contribution in [3.63, 3.8) is 0 Å². The number of hydrogen-bond donors (Lipinski definition) is 2. The molecule has 0 radical (unpaired) electrons. The molecule has 1 unspecified atom stereocenters. The van der Waals surface area contributed by atoms with Gasteiger partial charge < -0.3 is 20.2 Å². The van der Waals surface area contributed by atoms with Crippen LogP contribution < -0.4 is 10.2 Å². The molecule has 0 amide bonds. The summed E-state index contributed by atoms with van der Waals surface area (Å²) in [6.07, 6.45) is 2.51. The normalized spacial score (nSPS) is 15.8. The van der Waals surface area contributed by atoms with Crippen molar-refractivity contribution in [2.75, 3.05) is 44.2 Å². The molecule has 28 heavy (non-hydrogen) atoms. The number of nitrogens with zero attached hydrogens (tertiary/aromatic N) is 5. The summed E-state index contributed by atoms with van der Waals surface area (Å²) < 4.78 is 13.8. The van der Waals surface area contributed by atoms with E-state index in [1.807, 2.05) is 6.92 Å². The van der Waals surface area contributed by atoms with Gasteiger partial charge in [-0.15, -0.1) is 24.0 Å². The smallest absolute Gasteiger partial charge is 0.225 e. The maximum absolute atomic E-state index is 13.8. The monoisotopic (exact) mass is 500 g/mol. The number of hydrogen-bond acceptors (Lipinski definition) is 5. The minimum atomic E-state index is -0.973. The molecule has 2 aromatic rings. The van der Waals surface area contributed by atoms with E-state index < -0.39 is 11.9 Å². The summed E-state index contributed by atoms with van der Waals surface area (Å²) in [5, 5.41) is 13.5. The van der Waals surface area contributed by atoms with Crippen molar-refractivity contribution in [3.8, 4) is 0 Å². The van der Waals surface area contributed by atoms with E-state index in [0.29, 0.717) is 0 Å². The number of nitrogens with one attached hydrogen (secondary N) is 1. The molecule has 0 spiro atoms. The summed E-state index contributed by atoms with van der Waals surface area (Å²) in [5.74, 6) is 1.04. The Hall–Kier alpha value is -2.01. The predicted octanol–water partition coefficient (Wildman–Crippen LogP) is 2.05. The fraction of sp³-hybridized carbons (Fsp3) is 0.421. The van der Waals surface area contributed by atoms with Crippen molar-refractivity contribution >= 4 is 35.9 Å². The quantitative estimate of drug-likeness (QED) is 0.372. The van der Waals surface area contributed by atoms with Gasteiger partial charge in [-0.2, -0.15) is 0 Å². The van der Waals surface area contributed by atoms with E-state index in [1.54, 1.807) is 36.7 Å². The number of benzene rings is 1. The molecule has 1 aromatic carbocycles. The highest BCUT2D eigenvalue weighted by molar-refractivity contribution is 14.0. The second kappa shape index (κ2) is 11.1. The second-order valence-electron chi connectivity index (χ2n) is 6.25. The van der Waals surface area contributed by atoms with Gasteiger partial charge in [-0.1, -0.05) is 18.2 Å². The Labute approximate surface area is 181 Å². The van der Waals surface area contributed by atoms with Crippen LogP contribution in [0.1, 0.15) is 18.6 Å². The molecule has 1 aliphatic heterocycles. The number of rotatable bonds is 5.